The average molecular weight is 444 g/mol. The minimum atomic E-state index is -0.446. The highest BCUT2D eigenvalue weighted by Crippen LogP contribution is 2.37. The van der Waals surface area contributed by atoms with Crippen molar-refractivity contribution in [2.45, 2.75) is 18.9 Å². The first-order valence-electron chi connectivity index (χ1n) is 10.6. The van der Waals surface area contributed by atoms with Crippen molar-refractivity contribution in [2.24, 2.45) is 0 Å². The largest absolute Gasteiger partial charge is 0.349 e. The minimum absolute atomic E-state index is 0.280. The van der Waals surface area contributed by atoms with Crippen LogP contribution < -0.4 is 4.90 Å². The molecule has 8 nitrogen and oxygen atoms in total. The van der Waals surface area contributed by atoms with E-state index in [1.807, 2.05) is 29.4 Å². The van der Waals surface area contributed by atoms with E-state index in [1.165, 1.54) is 12.1 Å². The van der Waals surface area contributed by atoms with E-state index in [-0.39, 0.29) is 6.04 Å². The third kappa shape index (κ3) is 3.39. The van der Waals surface area contributed by atoms with Crippen LogP contribution in [-0.4, -0.2) is 41.1 Å². The summed E-state index contributed by atoms with van der Waals surface area (Å²) < 4.78 is 31.7. The lowest BCUT2D eigenvalue weighted by atomic mass is 10.0. The predicted octanol–water partition coefficient (Wildman–Crippen LogP) is 3.99. The number of aromatic nitrogens is 7. The van der Waals surface area contributed by atoms with E-state index in [0.29, 0.717) is 29.3 Å². The van der Waals surface area contributed by atoms with Crippen molar-refractivity contribution in [2.75, 3.05) is 11.4 Å². The van der Waals surface area contributed by atoms with Gasteiger partial charge in [0.15, 0.2) is 5.65 Å². The third-order valence-electron chi connectivity index (χ3n) is 5.95. The molecule has 0 N–H and O–H groups in total. The SMILES string of the molecule is Fc1ccc(F)c([C@H]2CCCN2c2ccn3ncc(-n4cc(-c5ccnnc5)cn4)c3n2)c1. The summed E-state index contributed by atoms with van der Waals surface area (Å²) in [5.41, 5.74) is 3.46. The molecule has 0 radical (unpaired) electrons. The lowest BCUT2D eigenvalue weighted by molar-refractivity contribution is 0.560. The van der Waals surface area contributed by atoms with E-state index in [4.69, 9.17) is 4.98 Å². The number of rotatable bonds is 4. The summed E-state index contributed by atoms with van der Waals surface area (Å²) in [5, 5.41) is 16.6. The minimum Gasteiger partial charge on any atom is -0.349 e. The number of hydrogen-bond donors (Lipinski definition) is 0. The van der Waals surface area contributed by atoms with E-state index in [9.17, 15) is 8.78 Å². The first-order valence-corrected chi connectivity index (χ1v) is 10.6. The molecule has 0 aliphatic carbocycles. The quantitative estimate of drug-likeness (QED) is 0.417. The lowest BCUT2D eigenvalue weighted by Crippen LogP contribution is -2.24. The molecule has 0 bridgehead atoms. The molecule has 0 spiro atoms. The standard InChI is InChI=1S/C23H18F2N8/c24-17-3-4-19(25)18(10-17)20-2-1-8-31(20)22-6-9-32-23(30-22)21(13-29-32)33-14-16(12-28-33)15-5-7-26-27-11-15/h3-7,9-14,20H,1-2,8H2/t20-/m1/s1. The van der Waals surface area contributed by atoms with Gasteiger partial charge in [-0.15, -0.1) is 0 Å². The Bertz CT molecular complexity index is 1450. The molecule has 1 atom stereocenters. The van der Waals surface area contributed by atoms with Crippen LogP contribution in [0.15, 0.2) is 67.5 Å². The summed E-state index contributed by atoms with van der Waals surface area (Å²) >= 11 is 0. The Balaban J connectivity index is 1.38. The highest BCUT2D eigenvalue weighted by Gasteiger charge is 2.30. The molecule has 1 aliphatic heterocycles. The Kier molecular flexibility index (Phi) is 4.56. The summed E-state index contributed by atoms with van der Waals surface area (Å²) in [6.45, 7) is 0.703. The Morgan fingerprint density at radius 2 is 1.88 bits per heavy atom. The van der Waals surface area contributed by atoms with E-state index < -0.39 is 11.6 Å². The average Bonchev–Trinajstić information content (AvgIpc) is 3.60. The van der Waals surface area contributed by atoms with Crippen LogP contribution in [0.4, 0.5) is 14.6 Å². The van der Waals surface area contributed by atoms with Gasteiger partial charge >= 0.3 is 0 Å². The first-order chi connectivity index (χ1) is 16.2. The summed E-state index contributed by atoms with van der Waals surface area (Å²) in [4.78, 5) is 6.85. The van der Waals surface area contributed by atoms with Crippen molar-refractivity contribution in [1.29, 1.82) is 0 Å². The maximum Gasteiger partial charge on any atom is 0.183 e. The zero-order valence-corrected chi connectivity index (χ0v) is 17.4. The molecule has 6 rings (SSSR count). The monoisotopic (exact) mass is 444 g/mol. The van der Waals surface area contributed by atoms with E-state index in [2.05, 4.69) is 20.4 Å². The molecule has 0 saturated carbocycles. The van der Waals surface area contributed by atoms with Gasteiger partial charge in [0.1, 0.15) is 23.1 Å². The molecule has 1 saturated heterocycles. The van der Waals surface area contributed by atoms with E-state index >= 15 is 0 Å². The van der Waals surface area contributed by atoms with Gasteiger partial charge in [-0.1, -0.05) is 0 Å². The van der Waals surface area contributed by atoms with Crippen LogP contribution in [0.5, 0.6) is 0 Å². The Morgan fingerprint density at radius 3 is 2.76 bits per heavy atom. The molecule has 10 heteroatoms. The van der Waals surface area contributed by atoms with Crippen LogP contribution in [0, 0.1) is 11.6 Å². The molecule has 5 aromatic rings. The molecular formula is C23H18F2N8. The summed E-state index contributed by atoms with van der Waals surface area (Å²) in [6, 6.07) is 7.02. The molecule has 1 aliphatic rings. The molecule has 164 valence electrons. The van der Waals surface area contributed by atoms with Crippen LogP contribution in [-0.2, 0) is 0 Å². The van der Waals surface area contributed by atoms with Gasteiger partial charge in [-0.2, -0.15) is 20.4 Å². The zero-order chi connectivity index (χ0) is 22.4. The number of hydrogen-bond acceptors (Lipinski definition) is 6. The highest BCUT2D eigenvalue weighted by molar-refractivity contribution is 5.64. The molecule has 4 aromatic heterocycles. The fraction of sp³-hybridized carbons (Fsp3) is 0.174. The van der Waals surface area contributed by atoms with Crippen molar-refractivity contribution >= 4 is 11.5 Å². The smallest absolute Gasteiger partial charge is 0.183 e. The third-order valence-corrected chi connectivity index (χ3v) is 5.95. The van der Waals surface area contributed by atoms with E-state index in [0.717, 1.165) is 30.0 Å². The van der Waals surface area contributed by atoms with Gasteiger partial charge in [0.05, 0.1) is 30.8 Å². The second-order valence-electron chi connectivity index (χ2n) is 7.91. The van der Waals surface area contributed by atoms with Crippen LogP contribution in [0.3, 0.4) is 0 Å². The number of benzene rings is 1. The summed E-state index contributed by atoms with van der Waals surface area (Å²) in [5.74, 6) is -0.172. The first kappa shape index (κ1) is 19.5. The number of nitrogens with zero attached hydrogens (tertiary/aromatic N) is 8. The second kappa shape index (κ2) is 7.73. The Morgan fingerprint density at radius 1 is 0.939 bits per heavy atom. The van der Waals surface area contributed by atoms with Gasteiger partial charge in [-0.25, -0.2) is 23.0 Å². The molecule has 1 fully saturated rings. The molecule has 5 heterocycles. The highest BCUT2D eigenvalue weighted by atomic mass is 19.1. The van der Waals surface area contributed by atoms with Gasteiger partial charge in [0.2, 0.25) is 0 Å². The maximum atomic E-state index is 14.5. The van der Waals surface area contributed by atoms with Gasteiger partial charge in [-0.05, 0) is 43.2 Å². The zero-order valence-electron chi connectivity index (χ0n) is 17.4. The van der Waals surface area contributed by atoms with Crippen molar-refractivity contribution in [1.82, 2.24) is 34.6 Å². The number of anilines is 1. The van der Waals surface area contributed by atoms with Crippen molar-refractivity contribution in [3.05, 3.63) is 84.7 Å². The van der Waals surface area contributed by atoms with Crippen molar-refractivity contribution in [3.8, 4) is 16.8 Å². The van der Waals surface area contributed by atoms with Gasteiger partial charge in [-0.3, -0.25) is 0 Å². The Labute approximate surface area is 187 Å². The van der Waals surface area contributed by atoms with Crippen molar-refractivity contribution in [3.63, 3.8) is 0 Å². The normalized spacial score (nSPS) is 16.1. The summed E-state index contributed by atoms with van der Waals surface area (Å²) in [6.07, 6.45) is 12.0. The van der Waals surface area contributed by atoms with Crippen LogP contribution in [0.1, 0.15) is 24.4 Å². The van der Waals surface area contributed by atoms with Crippen LogP contribution >= 0.6 is 0 Å². The van der Waals surface area contributed by atoms with Gasteiger partial charge in [0, 0.05) is 35.6 Å². The molecular weight excluding hydrogens is 426 g/mol. The molecule has 0 amide bonds. The van der Waals surface area contributed by atoms with Gasteiger partial charge < -0.3 is 4.90 Å². The molecule has 1 aromatic carbocycles. The second-order valence-corrected chi connectivity index (χ2v) is 7.91. The molecule has 33 heavy (non-hydrogen) atoms. The number of fused-ring (bicyclic) bond motifs is 1. The fourth-order valence-corrected chi connectivity index (χ4v) is 4.37. The van der Waals surface area contributed by atoms with E-state index in [1.54, 1.807) is 34.0 Å². The Hall–Kier alpha value is -4.21. The topological polar surface area (TPSA) is 77.0 Å². The summed E-state index contributed by atoms with van der Waals surface area (Å²) in [7, 11) is 0. The number of halogens is 2. The predicted molar refractivity (Wildman–Crippen MR) is 117 cm³/mol. The lowest BCUT2D eigenvalue weighted by Gasteiger charge is -2.26. The van der Waals surface area contributed by atoms with Crippen LogP contribution in [0.25, 0.3) is 22.5 Å². The molecule has 0 unspecified atom stereocenters. The fourth-order valence-electron chi connectivity index (χ4n) is 4.37. The maximum absolute atomic E-state index is 14.5. The van der Waals surface area contributed by atoms with Gasteiger partial charge in [0.25, 0.3) is 0 Å². The van der Waals surface area contributed by atoms with Crippen molar-refractivity contribution < 1.29 is 8.78 Å². The van der Waals surface area contributed by atoms with Crippen LogP contribution in [0.2, 0.25) is 0 Å².